The van der Waals surface area contributed by atoms with Crippen molar-refractivity contribution in [2.24, 2.45) is 10.4 Å². The van der Waals surface area contributed by atoms with Crippen molar-refractivity contribution in [3.05, 3.63) is 32.6 Å². The molecule has 64 valence electrons. The minimum absolute atomic E-state index is 0.303. The average molecular weight is 187 g/mol. The lowest BCUT2D eigenvalue weighted by Gasteiger charge is -2.15. The van der Waals surface area contributed by atoms with E-state index in [0.717, 1.165) is 0 Å². The maximum atomic E-state index is 10.2. The van der Waals surface area contributed by atoms with Crippen LogP contribution in [0.3, 0.4) is 0 Å². The summed E-state index contributed by atoms with van der Waals surface area (Å²) in [6, 6.07) is -1.19. The summed E-state index contributed by atoms with van der Waals surface area (Å²) in [6.07, 6.45) is 3.01. The van der Waals surface area contributed by atoms with Crippen molar-refractivity contribution < 1.29 is 0 Å². The Labute approximate surface area is 74.2 Å². The van der Waals surface area contributed by atoms with E-state index in [1.807, 2.05) is 0 Å². The van der Waals surface area contributed by atoms with Gasteiger partial charge in [-0.1, -0.05) is 34.1 Å². The van der Waals surface area contributed by atoms with Crippen molar-refractivity contribution in [3.63, 3.8) is 0 Å². The first kappa shape index (κ1) is 9.06. The van der Waals surface area contributed by atoms with Gasteiger partial charge in [0.15, 0.2) is 0 Å². The van der Waals surface area contributed by atoms with Crippen LogP contribution in [0, 0.1) is 9.81 Å². The van der Waals surface area contributed by atoms with E-state index < -0.39 is 12.1 Å². The number of hydrogen-bond acceptors (Lipinski definition) is 4. The molecule has 4 nitrogen and oxygen atoms in total. The lowest BCUT2D eigenvalue weighted by Crippen LogP contribution is -2.14. The van der Waals surface area contributed by atoms with Gasteiger partial charge in [-0.15, -0.1) is 9.81 Å². The molecule has 0 saturated carbocycles. The highest BCUT2D eigenvalue weighted by Crippen LogP contribution is 2.26. The van der Waals surface area contributed by atoms with E-state index in [-0.39, 0.29) is 0 Å². The molecule has 0 heterocycles. The summed E-state index contributed by atoms with van der Waals surface area (Å²) in [7, 11) is 0. The molecule has 0 fully saturated rings. The number of hydrogen-bond donors (Lipinski definition) is 0. The lowest BCUT2D eigenvalue weighted by atomic mass is 10.00. The summed E-state index contributed by atoms with van der Waals surface area (Å²) in [4.78, 5) is 20.4. The van der Waals surface area contributed by atoms with Gasteiger partial charge in [0.25, 0.3) is 0 Å². The second kappa shape index (κ2) is 3.58. The third-order valence-corrected chi connectivity index (χ3v) is 2.30. The third-order valence-electron chi connectivity index (χ3n) is 1.78. The highest BCUT2D eigenvalue weighted by Gasteiger charge is 2.22. The second-order valence-electron chi connectivity index (χ2n) is 2.52. The Balaban J connectivity index is 2.97. The van der Waals surface area contributed by atoms with Gasteiger partial charge in [0, 0.05) is 0 Å². The third kappa shape index (κ3) is 1.43. The molecule has 0 aliphatic heterocycles. The molecule has 0 aromatic rings. The molecule has 0 bridgehead atoms. The summed E-state index contributed by atoms with van der Waals surface area (Å²) >= 11 is 5.74. The van der Waals surface area contributed by atoms with Crippen molar-refractivity contribution >= 4 is 11.6 Å². The molecular weight excluding hydrogens is 180 g/mol. The van der Waals surface area contributed by atoms with Crippen LogP contribution >= 0.6 is 11.6 Å². The molecule has 1 aliphatic rings. The van der Waals surface area contributed by atoms with Crippen LogP contribution in [0.25, 0.3) is 0 Å². The van der Waals surface area contributed by atoms with Crippen LogP contribution in [0.15, 0.2) is 33.1 Å². The zero-order chi connectivity index (χ0) is 9.14. The number of rotatable bonds is 2. The predicted molar refractivity (Wildman–Crippen MR) is 46.9 cm³/mol. The molecule has 0 radical (unpaired) electrons. The van der Waals surface area contributed by atoms with Gasteiger partial charge in [-0.05, 0) is 12.5 Å². The quantitative estimate of drug-likeness (QED) is 0.491. The maximum absolute atomic E-state index is 10.2. The molecule has 1 rings (SSSR count). The normalized spacial score (nSPS) is 28.8. The number of nitroso groups, excluding NO2 is 2. The first-order valence-corrected chi connectivity index (χ1v) is 3.78. The molecule has 5 heteroatoms. The molecule has 0 N–H and O–H groups in total. The molecular formula is C7H7ClN2O2. The zero-order valence-corrected chi connectivity index (χ0v) is 7.15. The van der Waals surface area contributed by atoms with Gasteiger partial charge >= 0.3 is 0 Å². The smallest absolute Gasteiger partial charge is 0.146 e. The molecule has 2 unspecified atom stereocenters. The Bertz CT molecular complexity index is 247. The van der Waals surface area contributed by atoms with Crippen LogP contribution in [0.2, 0.25) is 0 Å². The summed E-state index contributed by atoms with van der Waals surface area (Å²) in [6.45, 7) is 1.66. The minimum atomic E-state index is -0.648. The van der Waals surface area contributed by atoms with Crippen LogP contribution < -0.4 is 0 Å². The van der Waals surface area contributed by atoms with Gasteiger partial charge in [0.05, 0.1) is 5.03 Å². The Morgan fingerprint density at radius 2 is 1.75 bits per heavy atom. The summed E-state index contributed by atoms with van der Waals surface area (Å²) in [5.41, 5.74) is 0.596. The van der Waals surface area contributed by atoms with Gasteiger partial charge in [-0.2, -0.15) is 0 Å². The SMILES string of the molecule is CC1=C(Cl)C(N=O)C=CC1N=O. The Morgan fingerprint density at radius 1 is 1.25 bits per heavy atom. The van der Waals surface area contributed by atoms with E-state index >= 15 is 0 Å². The topological polar surface area (TPSA) is 58.9 Å². The molecule has 0 saturated heterocycles. The second-order valence-corrected chi connectivity index (χ2v) is 2.92. The molecule has 12 heavy (non-hydrogen) atoms. The van der Waals surface area contributed by atoms with Gasteiger partial charge < -0.3 is 0 Å². The largest absolute Gasteiger partial charge is 0.150 e. The summed E-state index contributed by atoms with van der Waals surface area (Å²) in [5.74, 6) is 0. The van der Waals surface area contributed by atoms with Crippen molar-refractivity contribution in [3.8, 4) is 0 Å². The first-order chi connectivity index (χ1) is 5.70. The first-order valence-electron chi connectivity index (χ1n) is 3.40. The van der Waals surface area contributed by atoms with E-state index in [4.69, 9.17) is 11.6 Å². The van der Waals surface area contributed by atoms with Crippen LogP contribution in [-0.2, 0) is 0 Å². The molecule has 0 aromatic heterocycles. The van der Waals surface area contributed by atoms with Crippen molar-refractivity contribution in [1.29, 1.82) is 0 Å². The summed E-state index contributed by atoms with van der Waals surface area (Å²) in [5, 5.41) is 5.91. The fourth-order valence-electron chi connectivity index (χ4n) is 1.01. The van der Waals surface area contributed by atoms with Gasteiger partial charge in [0.1, 0.15) is 12.1 Å². The number of halogens is 1. The van der Waals surface area contributed by atoms with E-state index in [2.05, 4.69) is 10.4 Å². The monoisotopic (exact) mass is 186 g/mol. The maximum Gasteiger partial charge on any atom is 0.146 e. The Kier molecular flexibility index (Phi) is 2.70. The van der Waals surface area contributed by atoms with Crippen LogP contribution in [0.4, 0.5) is 0 Å². The van der Waals surface area contributed by atoms with E-state index in [9.17, 15) is 9.81 Å². The standard InChI is InChI=1S/C7H7ClN2O2/c1-4-5(9-11)2-3-6(10-12)7(4)8/h2-3,5-6H,1H3. The van der Waals surface area contributed by atoms with Gasteiger partial charge in [-0.3, -0.25) is 0 Å². The predicted octanol–water partition coefficient (Wildman–Crippen LogP) is 2.34. The number of nitrogens with zero attached hydrogens (tertiary/aromatic N) is 2. The van der Waals surface area contributed by atoms with Gasteiger partial charge in [0.2, 0.25) is 0 Å². The van der Waals surface area contributed by atoms with Crippen LogP contribution in [0.5, 0.6) is 0 Å². The fraction of sp³-hybridized carbons (Fsp3) is 0.429. The zero-order valence-electron chi connectivity index (χ0n) is 6.40. The molecule has 2 atom stereocenters. The average Bonchev–Trinajstić information content (AvgIpc) is 2.10. The Hall–Kier alpha value is -1.03. The highest BCUT2D eigenvalue weighted by molar-refractivity contribution is 6.31. The van der Waals surface area contributed by atoms with Crippen LogP contribution in [0.1, 0.15) is 6.92 Å². The molecule has 1 aliphatic carbocycles. The van der Waals surface area contributed by atoms with Crippen LogP contribution in [-0.4, -0.2) is 12.1 Å². The van der Waals surface area contributed by atoms with E-state index in [1.54, 1.807) is 6.92 Å². The van der Waals surface area contributed by atoms with Crippen molar-refractivity contribution in [2.45, 2.75) is 19.0 Å². The fourth-order valence-corrected chi connectivity index (χ4v) is 1.23. The Morgan fingerprint density at radius 3 is 2.25 bits per heavy atom. The molecule has 0 spiro atoms. The summed E-state index contributed by atoms with van der Waals surface area (Å²) < 4.78 is 0. The molecule has 0 amide bonds. The van der Waals surface area contributed by atoms with Gasteiger partial charge in [-0.25, -0.2) is 0 Å². The lowest BCUT2D eigenvalue weighted by molar-refractivity contribution is 0.848. The van der Waals surface area contributed by atoms with E-state index in [1.165, 1.54) is 12.2 Å². The highest BCUT2D eigenvalue weighted by atomic mass is 35.5. The molecule has 0 aromatic carbocycles. The minimum Gasteiger partial charge on any atom is -0.150 e. The van der Waals surface area contributed by atoms with Crippen molar-refractivity contribution in [1.82, 2.24) is 0 Å². The van der Waals surface area contributed by atoms with Crippen molar-refractivity contribution in [2.75, 3.05) is 0 Å². The van der Waals surface area contributed by atoms with E-state index in [0.29, 0.717) is 10.6 Å².